The highest BCUT2D eigenvalue weighted by Gasteiger charge is 2.22. The second-order valence-corrected chi connectivity index (χ2v) is 8.31. The fourth-order valence-corrected chi connectivity index (χ4v) is 4.18. The Kier molecular flexibility index (Phi) is 6.87. The van der Waals surface area contributed by atoms with Gasteiger partial charge < -0.3 is 5.32 Å². The van der Waals surface area contributed by atoms with Crippen LogP contribution in [0.5, 0.6) is 0 Å². The van der Waals surface area contributed by atoms with Gasteiger partial charge in [-0.1, -0.05) is 36.6 Å². The molecule has 1 aromatic rings. The molecule has 0 aliphatic carbocycles. The predicted octanol–water partition coefficient (Wildman–Crippen LogP) is 2.20. The van der Waals surface area contributed by atoms with Crippen LogP contribution < -0.4 is 5.32 Å². The summed E-state index contributed by atoms with van der Waals surface area (Å²) < 4.78 is 26.1. The van der Waals surface area contributed by atoms with Gasteiger partial charge in [0.25, 0.3) is 0 Å². The quantitative estimate of drug-likeness (QED) is 0.847. The van der Waals surface area contributed by atoms with Crippen LogP contribution in [0.15, 0.2) is 24.3 Å². The Balaban J connectivity index is 1.76. The Morgan fingerprint density at radius 1 is 1.09 bits per heavy atom. The molecule has 0 radical (unpaired) electrons. The molecule has 1 aliphatic rings. The summed E-state index contributed by atoms with van der Waals surface area (Å²) in [5.41, 5.74) is 0.849. The number of amides is 1. The van der Waals surface area contributed by atoms with Crippen LogP contribution in [-0.4, -0.2) is 44.0 Å². The van der Waals surface area contributed by atoms with E-state index in [0.717, 1.165) is 31.2 Å². The highest BCUT2D eigenvalue weighted by atomic mass is 35.5. The number of carbonyl (C=O) groups is 1. The summed E-state index contributed by atoms with van der Waals surface area (Å²) in [5, 5.41) is 3.30. The largest absolute Gasteiger partial charge is 0.355 e. The topological polar surface area (TPSA) is 66.5 Å². The number of hydrogen-bond donors (Lipinski definition) is 1. The van der Waals surface area contributed by atoms with E-state index in [9.17, 15) is 13.2 Å². The molecule has 1 fully saturated rings. The Bertz CT molecular complexity index is 609. The monoisotopic (exact) mass is 358 g/mol. The molecule has 0 saturated carbocycles. The van der Waals surface area contributed by atoms with Crippen LogP contribution in [0.4, 0.5) is 0 Å². The predicted molar refractivity (Wildman–Crippen MR) is 92.0 cm³/mol. The van der Waals surface area contributed by atoms with E-state index in [-0.39, 0.29) is 24.6 Å². The summed E-state index contributed by atoms with van der Waals surface area (Å²) in [7, 11) is -3.28. The molecule has 1 aliphatic heterocycles. The minimum Gasteiger partial charge on any atom is -0.355 e. The number of carbonyl (C=O) groups excluding carboxylic acids is 1. The molecular weight excluding hydrogens is 336 g/mol. The third-order valence-corrected chi connectivity index (χ3v) is 6.04. The molecular formula is C16H23ClN2O3S. The van der Waals surface area contributed by atoms with Crippen molar-refractivity contribution in [3.05, 3.63) is 34.9 Å². The average Bonchev–Trinajstić information content (AvgIpc) is 2.79. The molecule has 0 spiro atoms. The maximum atomic E-state index is 12.3. The number of halogens is 1. The fourth-order valence-electron chi connectivity index (χ4n) is 2.62. The summed E-state index contributed by atoms with van der Waals surface area (Å²) >= 11 is 5.80. The summed E-state index contributed by atoms with van der Waals surface area (Å²) in [4.78, 5) is 11.9. The van der Waals surface area contributed by atoms with Crippen molar-refractivity contribution in [2.24, 2.45) is 0 Å². The first-order valence-electron chi connectivity index (χ1n) is 7.96. The Labute approximate surface area is 143 Å². The summed E-state index contributed by atoms with van der Waals surface area (Å²) in [5.74, 6) is -0.224. The van der Waals surface area contributed by atoms with E-state index in [1.54, 1.807) is 28.6 Å². The van der Waals surface area contributed by atoms with Gasteiger partial charge in [-0.3, -0.25) is 4.79 Å². The van der Waals surface area contributed by atoms with Crippen molar-refractivity contribution in [2.75, 3.05) is 25.4 Å². The second kappa shape index (κ2) is 8.66. The lowest BCUT2D eigenvalue weighted by molar-refractivity contribution is -0.120. The smallest absolute Gasteiger partial charge is 0.224 e. The third kappa shape index (κ3) is 6.12. The first-order valence-corrected chi connectivity index (χ1v) is 9.95. The van der Waals surface area contributed by atoms with Gasteiger partial charge in [0.1, 0.15) is 0 Å². The van der Waals surface area contributed by atoms with Gasteiger partial charge in [-0.2, -0.15) is 0 Å². The van der Waals surface area contributed by atoms with E-state index < -0.39 is 10.0 Å². The van der Waals surface area contributed by atoms with Crippen molar-refractivity contribution < 1.29 is 13.2 Å². The molecule has 0 atom stereocenters. The molecule has 23 heavy (non-hydrogen) atoms. The molecule has 7 heteroatoms. The maximum Gasteiger partial charge on any atom is 0.224 e. The lowest BCUT2D eigenvalue weighted by Crippen LogP contribution is -2.38. The van der Waals surface area contributed by atoms with Gasteiger partial charge in [-0.25, -0.2) is 12.7 Å². The van der Waals surface area contributed by atoms with E-state index in [0.29, 0.717) is 18.1 Å². The number of nitrogens with zero attached hydrogens (tertiary/aromatic N) is 1. The number of benzene rings is 1. The van der Waals surface area contributed by atoms with Crippen LogP contribution >= 0.6 is 11.6 Å². The van der Waals surface area contributed by atoms with Crippen molar-refractivity contribution in [1.29, 1.82) is 0 Å². The Morgan fingerprint density at radius 2 is 1.70 bits per heavy atom. The molecule has 1 amide bonds. The van der Waals surface area contributed by atoms with Crippen LogP contribution in [0.2, 0.25) is 5.02 Å². The zero-order valence-corrected chi connectivity index (χ0v) is 14.7. The molecule has 0 bridgehead atoms. The van der Waals surface area contributed by atoms with Gasteiger partial charge in [0.05, 0.1) is 12.2 Å². The minimum absolute atomic E-state index is 0.0423. The molecule has 0 aromatic heterocycles. The Morgan fingerprint density at radius 3 is 2.30 bits per heavy atom. The SMILES string of the molecule is O=C(Cc1ccc(Cl)cc1)NCCS(=O)(=O)N1CCCCCC1. The normalized spacial score (nSPS) is 16.7. The fraction of sp³-hybridized carbons (Fsp3) is 0.562. The average molecular weight is 359 g/mol. The minimum atomic E-state index is -3.28. The highest BCUT2D eigenvalue weighted by Crippen LogP contribution is 2.13. The molecule has 0 unspecified atom stereocenters. The summed E-state index contributed by atoms with van der Waals surface area (Å²) in [6.07, 6.45) is 4.24. The van der Waals surface area contributed by atoms with Gasteiger partial charge in [-0.05, 0) is 30.5 Å². The molecule has 128 valence electrons. The van der Waals surface area contributed by atoms with Crippen LogP contribution in [0.3, 0.4) is 0 Å². The number of sulfonamides is 1. The van der Waals surface area contributed by atoms with Crippen molar-refractivity contribution in [2.45, 2.75) is 32.1 Å². The first kappa shape index (κ1) is 18.2. The van der Waals surface area contributed by atoms with Gasteiger partial charge >= 0.3 is 0 Å². The third-order valence-electron chi connectivity index (χ3n) is 3.92. The maximum absolute atomic E-state index is 12.3. The highest BCUT2D eigenvalue weighted by molar-refractivity contribution is 7.89. The van der Waals surface area contributed by atoms with Crippen LogP contribution in [0, 0.1) is 0 Å². The first-order chi connectivity index (χ1) is 11.0. The molecule has 1 N–H and O–H groups in total. The molecule has 1 heterocycles. The molecule has 5 nitrogen and oxygen atoms in total. The molecule has 1 saturated heterocycles. The Hall–Kier alpha value is -1.11. The van der Waals surface area contributed by atoms with Gasteiger partial charge in [0.2, 0.25) is 15.9 Å². The standard InChI is InChI=1S/C16H23ClN2O3S/c17-15-7-5-14(6-8-15)13-16(20)18-9-12-23(21,22)19-10-3-1-2-4-11-19/h5-8H,1-4,9-13H2,(H,18,20). The van der Waals surface area contributed by atoms with Crippen molar-refractivity contribution in [3.63, 3.8) is 0 Å². The van der Waals surface area contributed by atoms with Gasteiger partial charge in [0, 0.05) is 24.7 Å². The van der Waals surface area contributed by atoms with Gasteiger partial charge in [0.15, 0.2) is 0 Å². The molecule has 2 rings (SSSR count). The number of rotatable bonds is 6. The van der Waals surface area contributed by atoms with Crippen molar-refractivity contribution in [1.82, 2.24) is 9.62 Å². The summed E-state index contributed by atoms with van der Waals surface area (Å²) in [6.45, 7) is 1.34. The van der Waals surface area contributed by atoms with E-state index in [1.807, 2.05) is 0 Å². The van der Waals surface area contributed by atoms with Crippen molar-refractivity contribution >= 4 is 27.5 Å². The zero-order valence-electron chi connectivity index (χ0n) is 13.1. The van der Waals surface area contributed by atoms with Crippen LogP contribution in [0.25, 0.3) is 0 Å². The van der Waals surface area contributed by atoms with E-state index >= 15 is 0 Å². The lowest BCUT2D eigenvalue weighted by atomic mass is 10.1. The van der Waals surface area contributed by atoms with E-state index in [4.69, 9.17) is 11.6 Å². The second-order valence-electron chi connectivity index (χ2n) is 5.78. The zero-order chi connectivity index (χ0) is 16.7. The number of nitrogens with one attached hydrogen (secondary N) is 1. The van der Waals surface area contributed by atoms with Crippen LogP contribution in [-0.2, 0) is 21.2 Å². The van der Waals surface area contributed by atoms with E-state index in [2.05, 4.69) is 5.32 Å². The van der Waals surface area contributed by atoms with E-state index in [1.165, 1.54) is 0 Å². The summed E-state index contributed by atoms with van der Waals surface area (Å²) in [6, 6.07) is 7.04. The van der Waals surface area contributed by atoms with Gasteiger partial charge in [-0.15, -0.1) is 0 Å². The van der Waals surface area contributed by atoms with Crippen LogP contribution in [0.1, 0.15) is 31.2 Å². The number of hydrogen-bond acceptors (Lipinski definition) is 3. The molecule has 1 aromatic carbocycles. The lowest BCUT2D eigenvalue weighted by Gasteiger charge is -2.19. The van der Waals surface area contributed by atoms with Crippen molar-refractivity contribution in [3.8, 4) is 0 Å².